The highest BCUT2D eigenvalue weighted by Crippen LogP contribution is 2.08. The quantitative estimate of drug-likeness (QED) is 0.769. The van der Waals surface area contributed by atoms with Gasteiger partial charge in [0.1, 0.15) is 6.33 Å². The van der Waals surface area contributed by atoms with Gasteiger partial charge >= 0.3 is 0 Å². The van der Waals surface area contributed by atoms with Gasteiger partial charge in [0.25, 0.3) is 0 Å². The summed E-state index contributed by atoms with van der Waals surface area (Å²) < 4.78 is 5.06. The van der Waals surface area contributed by atoms with Crippen LogP contribution in [0.4, 0.5) is 0 Å². The predicted molar refractivity (Wildman–Crippen MR) is 60.0 cm³/mol. The van der Waals surface area contributed by atoms with Gasteiger partial charge in [-0.2, -0.15) is 0 Å². The summed E-state index contributed by atoms with van der Waals surface area (Å²) in [5.74, 6) is 0.631. The van der Waals surface area contributed by atoms with Crippen molar-refractivity contribution < 1.29 is 4.74 Å². The molecule has 1 N–H and O–H groups in total. The average molecular weight is 209 g/mol. The predicted octanol–water partition coefficient (Wildman–Crippen LogP) is 1.42. The Morgan fingerprint density at radius 1 is 1.40 bits per heavy atom. The monoisotopic (exact) mass is 209 g/mol. The molecule has 0 bridgehead atoms. The number of nitrogens with zero attached hydrogens (tertiary/aromatic N) is 2. The smallest absolute Gasteiger partial charge is 0.216 e. The van der Waals surface area contributed by atoms with Crippen LogP contribution < -0.4 is 10.1 Å². The molecule has 15 heavy (non-hydrogen) atoms. The molecule has 1 rings (SSSR count). The molecule has 1 aromatic rings. The Balaban J connectivity index is 2.61. The molecule has 0 saturated heterocycles. The highest BCUT2D eigenvalue weighted by molar-refractivity contribution is 5.14. The van der Waals surface area contributed by atoms with E-state index >= 15 is 0 Å². The van der Waals surface area contributed by atoms with Crippen molar-refractivity contribution in [2.45, 2.75) is 32.7 Å². The van der Waals surface area contributed by atoms with E-state index < -0.39 is 0 Å². The molecular formula is C11H19N3O. The van der Waals surface area contributed by atoms with Crippen molar-refractivity contribution in [3.63, 3.8) is 0 Å². The van der Waals surface area contributed by atoms with Crippen LogP contribution in [0.25, 0.3) is 0 Å². The SMILES string of the molecule is CCNC(CC)Cc1cc(OC)ncn1. The largest absolute Gasteiger partial charge is 0.481 e. The second-order valence-electron chi connectivity index (χ2n) is 3.42. The van der Waals surface area contributed by atoms with Gasteiger partial charge < -0.3 is 10.1 Å². The Labute approximate surface area is 91.1 Å². The zero-order valence-corrected chi connectivity index (χ0v) is 9.66. The Morgan fingerprint density at radius 3 is 2.80 bits per heavy atom. The van der Waals surface area contributed by atoms with Crippen LogP contribution in [0.3, 0.4) is 0 Å². The minimum Gasteiger partial charge on any atom is -0.481 e. The summed E-state index contributed by atoms with van der Waals surface area (Å²) in [5, 5.41) is 3.42. The van der Waals surface area contributed by atoms with Gasteiger partial charge in [0.05, 0.1) is 7.11 Å². The second kappa shape index (κ2) is 6.35. The van der Waals surface area contributed by atoms with Crippen molar-refractivity contribution in [3.05, 3.63) is 18.1 Å². The molecule has 0 fully saturated rings. The molecule has 1 atom stereocenters. The summed E-state index contributed by atoms with van der Waals surface area (Å²) in [5.41, 5.74) is 1.02. The van der Waals surface area contributed by atoms with Crippen molar-refractivity contribution in [1.82, 2.24) is 15.3 Å². The standard InChI is InChI=1S/C11H19N3O/c1-4-9(12-5-2)6-10-7-11(15-3)14-8-13-10/h7-9,12H,4-6H2,1-3H3. The maximum atomic E-state index is 5.06. The van der Waals surface area contributed by atoms with Gasteiger partial charge in [-0.15, -0.1) is 0 Å². The van der Waals surface area contributed by atoms with Crippen LogP contribution in [0.15, 0.2) is 12.4 Å². The Kier molecular flexibility index (Phi) is 5.04. The van der Waals surface area contributed by atoms with Crippen LogP contribution in [-0.4, -0.2) is 29.7 Å². The number of nitrogens with one attached hydrogen (secondary N) is 1. The van der Waals surface area contributed by atoms with Crippen molar-refractivity contribution in [1.29, 1.82) is 0 Å². The summed E-state index contributed by atoms with van der Waals surface area (Å²) in [7, 11) is 1.62. The van der Waals surface area contributed by atoms with E-state index in [4.69, 9.17) is 4.74 Å². The van der Waals surface area contributed by atoms with E-state index in [2.05, 4.69) is 29.1 Å². The first-order valence-electron chi connectivity index (χ1n) is 5.38. The van der Waals surface area contributed by atoms with Gasteiger partial charge in [0.15, 0.2) is 0 Å². The molecule has 0 amide bonds. The number of hydrogen-bond acceptors (Lipinski definition) is 4. The lowest BCUT2D eigenvalue weighted by atomic mass is 10.1. The van der Waals surface area contributed by atoms with Crippen molar-refractivity contribution in [2.24, 2.45) is 0 Å². The van der Waals surface area contributed by atoms with Crippen LogP contribution in [-0.2, 0) is 6.42 Å². The molecule has 4 nitrogen and oxygen atoms in total. The first kappa shape index (κ1) is 11.9. The van der Waals surface area contributed by atoms with Crippen LogP contribution in [0.2, 0.25) is 0 Å². The third-order valence-electron chi connectivity index (χ3n) is 2.35. The van der Waals surface area contributed by atoms with Crippen LogP contribution in [0.1, 0.15) is 26.0 Å². The number of aromatic nitrogens is 2. The van der Waals surface area contributed by atoms with Gasteiger partial charge in [-0.3, -0.25) is 0 Å². The van der Waals surface area contributed by atoms with E-state index in [-0.39, 0.29) is 0 Å². The first-order chi connectivity index (χ1) is 7.30. The van der Waals surface area contributed by atoms with Crippen LogP contribution >= 0.6 is 0 Å². The third kappa shape index (κ3) is 3.83. The fourth-order valence-corrected chi connectivity index (χ4v) is 1.50. The third-order valence-corrected chi connectivity index (χ3v) is 2.35. The molecule has 4 heteroatoms. The van der Waals surface area contributed by atoms with Gasteiger partial charge in [-0.1, -0.05) is 13.8 Å². The summed E-state index contributed by atoms with van der Waals surface area (Å²) in [4.78, 5) is 8.21. The lowest BCUT2D eigenvalue weighted by Crippen LogP contribution is -2.30. The Bertz CT molecular complexity index is 291. The lowest BCUT2D eigenvalue weighted by Gasteiger charge is -2.14. The van der Waals surface area contributed by atoms with E-state index in [0.717, 1.165) is 25.1 Å². The summed E-state index contributed by atoms with van der Waals surface area (Å²) in [6.45, 7) is 5.27. The number of hydrogen-bond donors (Lipinski definition) is 1. The summed E-state index contributed by atoms with van der Waals surface area (Å²) in [6.07, 6.45) is 3.57. The highest BCUT2D eigenvalue weighted by Gasteiger charge is 2.07. The molecule has 1 heterocycles. The average Bonchev–Trinajstić information content (AvgIpc) is 2.29. The number of methoxy groups -OCH3 is 1. The fourth-order valence-electron chi connectivity index (χ4n) is 1.50. The topological polar surface area (TPSA) is 47.0 Å². The Hall–Kier alpha value is -1.16. The van der Waals surface area contributed by atoms with E-state index in [0.29, 0.717) is 11.9 Å². The summed E-state index contributed by atoms with van der Waals surface area (Å²) >= 11 is 0. The lowest BCUT2D eigenvalue weighted by molar-refractivity contribution is 0.395. The molecular weight excluding hydrogens is 190 g/mol. The fraction of sp³-hybridized carbons (Fsp3) is 0.636. The normalized spacial score (nSPS) is 12.5. The molecule has 84 valence electrons. The molecule has 0 aliphatic heterocycles. The molecule has 1 aromatic heterocycles. The number of ether oxygens (including phenoxy) is 1. The molecule has 0 saturated carbocycles. The van der Waals surface area contributed by atoms with E-state index in [1.54, 1.807) is 13.4 Å². The zero-order valence-electron chi connectivity index (χ0n) is 9.66. The van der Waals surface area contributed by atoms with E-state index in [9.17, 15) is 0 Å². The maximum absolute atomic E-state index is 5.06. The van der Waals surface area contributed by atoms with Gasteiger partial charge in [-0.25, -0.2) is 9.97 Å². The van der Waals surface area contributed by atoms with Gasteiger partial charge in [0.2, 0.25) is 5.88 Å². The van der Waals surface area contributed by atoms with Crippen LogP contribution in [0.5, 0.6) is 5.88 Å². The molecule has 1 unspecified atom stereocenters. The van der Waals surface area contributed by atoms with E-state index in [1.165, 1.54) is 0 Å². The zero-order chi connectivity index (χ0) is 11.1. The molecule has 0 aromatic carbocycles. The van der Waals surface area contributed by atoms with Crippen LogP contribution in [0, 0.1) is 0 Å². The van der Waals surface area contributed by atoms with Crippen molar-refractivity contribution >= 4 is 0 Å². The van der Waals surface area contributed by atoms with E-state index in [1.807, 2.05) is 6.07 Å². The van der Waals surface area contributed by atoms with Crippen molar-refractivity contribution in [2.75, 3.05) is 13.7 Å². The molecule has 0 aliphatic carbocycles. The molecule has 0 aliphatic rings. The highest BCUT2D eigenvalue weighted by atomic mass is 16.5. The molecule has 0 radical (unpaired) electrons. The van der Waals surface area contributed by atoms with Crippen molar-refractivity contribution in [3.8, 4) is 5.88 Å². The minimum atomic E-state index is 0.481. The minimum absolute atomic E-state index is 0.481. The first-order valence-corrected chi connectivity index (χ1v) is 5.38. The van der Waals surface area contributed by atoms with Gasteiger partial charge in [0, 0.05) is 24.2 Å². The second-order valence-corrected chi connectivity index (χ2v) is 3.42. The molecule has 0 spiro atoms. The number of likely N-dealkylation sites (N-methyl/N-ethyl adjacent to an activating group) is 1. The number of rotatable bonds is 6. The Morgan fingerprint density at radius 2 is 2.20 bits per heavy atom. The maximum Gasteiger partial charge on any atom is 0.216 e. The van der Waals surface area contributed by atoms with Gasteiger partial charge in [-0.05, 0) is 13.0 Å². The summed E-state index contributed by atoms with van der Waals surface area (Å²) in [6, 6.07) is 2.37.